The maximum absolute atomic E-state index is 12.6. The van der Waals surface area contributed by atoms with Gasteiger partial charge in [-0.2, -0.15) is 0 Å². The third kappa shape index (κ3) is 8.64. The standard InChI is InChI=1S/C19H38BIOS/c1-12(2)16(15(6)21)14(5)20-17(22)23-19(9,10)11-18(7,8)13(3)4/h12-16,20H,11H2,1-10H3. The van der Waals surface area contributed by atoms with Crippen molar-refractivity contribution < 1.29 is 4.79 Å². The molecule has 0 aromatic carbocycles. The Kier molecular flexibility index (Phi) is 9.83. The van der Waals surface area contributed by atoms with Gasteiger partial charge in [0.05, 0.1) is 0 Å². The third-order valence-electron chi connectivity index (χ3n) is 5.28. The van der Waals surface area contributed by atoms with Crippen LogP contribution in [-0.2, 0) is 0 Å². The zero-order chi connectivity index (χ0) is 18.6. The van der Waals surface area contributed by atoms with Gasteiger partial charge in [-0.25, -0.2) is 0 Å². The summed E-state index contributed by atoms with van der Waals surface area (Å²) in [5, 5.41) is 0.366. The van der Waals surface area contributed by atoms with Gasteiger partial charge in [-0.1, -0.05) is 109 Å². The lowest BCUT2D eigenvalue weighted by Gasteiger charge is -2.37. The first-order valence-electron chi connectivity index (χ1n) is 9.05. The van der Waals surface area contributed by atoms with Crippen LogP contribution in [0.2, 0.25) is 5.82 Å². The summed E-state index contributed by atoms with van der Waals surface area (Å²) in [7, 11) is 0.701. The molecule has 0 saturated heterocycles. The fourth-order valence-electron chi connectivity index (χ4n) is 3.73. The van der Waals surface area contributed by atoms with Crippen LogP contribution in [0.5, 0.6) is 0 Å². The Hall–Kier alpha value is 0.815. The predicted octanol–water partition coefficient (Wildman–Crippen LogP) is 7.03. The molecule has 0 aliphatic heterocycles. The van der Waals surface area contributed by atoms with E-state index in [1.807, 2.05) is 0 Å². The van der Waals surface area contributed by atoms with Crippen LogP contribution in [0.4, 0.5) is 4.79 Å². The molecular weight excluding hydrogens is 414 g/mol. The number of rotatable bonds is 9. The molecule has 0 aliphatic rings. The number of carbonyl (C=O) groups excluding carboxylic acids is 1. The van der Waals surface area contributed by atoms with Crippen LogP contribution in [0, 0.1) is 23.2 Å². The number of halogens is 1. The second-order valence-electron chi connectivity index (χ2n) is 9.23. The molecule has 3 unspecified atom stereocenters. The first-order valence-corrected chi connectivity index (χ1v) is 11.1. The summed E-state index contributed by atoms with van der Waals surface area (Å²) in [6.45, 7) is 22.7. The molecule has 1 nitrogen and oxygen atoms in total. The molecule has 0 rings (SSSR count). The van der Waals surface area contributed by atoms with E-state index in [2.05, 4.69) is 91.8 Å². The summed E-state index contributed by atoms with van der Waals surface area (Å²) in [5.74, 6) is 2.32. The molecule has 0 fully saturated rings. The van der Waals surface area contributed by atoms with Crippen LogP contribution in [0.15, 0.2) is 0 Å². The molecule has 23 heavy (non-hydrogen) atoms. The zero-order valence-corrected chi connectivity index (χ0v) is 20.0. The molecule has 0 heterocycles. The van der Waals surface area contributed by atoms with Crippen molar-refractivity contribution in [2.75, 3.05) is 0 Å². The van der Waals surface area contributed by atoms with E-state index in [9.17, 15) is 4.79 Å². The van der Waals surface area contributed by atoms with Gasteiger partial charge < -0.3 is 0 Å². The molecule has 0 spiro atoms. The van der Waals surface area contributed by atoms with Crippen molar-refractivity contribution in [1.82, 2.24) is 0 Å². The summed E-state index contributed by atoms with van der Waals surface area (Å²) in [5.41, 5.74) is 0.263. The minimum absolute atomic E-state index is 0.00778. The Bertz CT molecular complexity index is 370. The van der Waals surface area contributed by atoms with E-state index in [4.69, 9.17) is 0 Å². The summed E-state index contributed by atoms with van der Waals surface area (Å²) in [6, 6.07) is 0. The average Bonchev–Trinajstić information content (AvgIpc) is 2.23. The summed E-state index contributed by atoms with van der Waals surface area (Å²) < 4.78 is 0.613. The molecule has 0 bridgehead atoms. The highest BCUT2D eigenvalue weighted by Crippen LogP contribution is 2.42. The van der Waals surface area contributed by atoms with Gasteiger partial charge in [-0.05, 0) is 29.6 Å². The van der Waals surface area contributed by atoms with Crippen molar-refractivity contribution in [1.29, 1.82) is 0 Å². The molecule has 3 atom stereocenters. The molecule has 0 aromatic rings. The summed E-state index contributed by atoms with van der Waals surface area (Å²) in [4.78, 5) is 12.6. The van der Waals surface area contributed by atoms with Crippen LogP contribution in [-0.4, -0.2) is 21.0 Å². The first kappa shape index (κ1) is 23.8. The zero-order valence-electron chi connectivity index (χ0n) is 17.0. The highest BCUT2D eigenvalue weighted by molar-refractivity contribution is 14.1. The minimum atomic E-state index is 0.00778. The van der Waals surface area contributed by atoms with Crippen molar-refractivity contribution >= 4 is 46.6 Å². The van der Waals surface area contributed by atoms with Crippen LogP contribution in [0.3, 0.4) is 0 Å². The summed E-state index contributed by atoms with van der Waals surface area (Å²) in [6.07, 6.45) is 1.07. The van der Waals surface area contributed by atoms with E-state index >= 15 is 0 Å². The highest BCUT2D eigenvalue weighted by atomic mass is 127. The van der Waals surface area contributed by atoms with Gasteiger partial charge in [0, 0.05) is 8.67 Å². The van der Waals surface area contributed by atoms with E-state index in [-0.39, 0.29) is 10.2 Å². The van der Waals surface area contributed by atoms with E-state index in [0.29, 0.717) is 39.8 Å². The molecule has 0 radical (unpaired) electrons. The number of thioether (sulfide) groups is 1. The Morgan fingerprint density at radius 3 is 1.87 bits per heavy atom. The van der Waals surface area contributed by atoms with Gasteiger partial charge in [-0.3, -0.25) is 4.79 Å². The molecule has 0 aliphatic carbocycles. The third-order valence-corrected chi connectivity index (χ3v) is 7.20. The second-order valence-corrected chi connectivity index (χ2v) is 13.0. The SMILES string of the molecule is CC(C)C(C(C)I)C(C)BC(=O)SC(C)(C)CC(C)(C)C(C)C. The highest BCUT2D eigenvalue weighted by Gasteiger charge is 2.35. The van der Waals surface area contributed by atoms with E-state index in [0.717, 1.165) is 6.42 Å². The number of hydrogen-bond acceptors (Lipinski definition) is 2. The van der Waals surface area contributed by atoms with Gasteiger partial charge in [0.2, 0.25) is 7.28 Å². The smallest absolute Gasteiger partial charge is 0.223 e. The average molecular weight is 452 g/mol. The van der Waals surface area contributed by atoms with Crippen LogP contribution in [0.25, 0.3) is 0 Å². The Balaban J connectivity index is 4.75. The van der Waals surface area contributed by atoms with Crippen molar-refractivity contribution in [3.05, 3.63) is 0 Å². The normalized spacial score (nSPS) is 17.3. The molecule has 0 N–H and O–H groups in total. The lowest BCUT2D eigenvalue weighted by Crippen LogP contribution is -2.32. The maximum atomic E-state index is 12.6. The Morgan fingerprint density at radius 1 is 1.04 bits per heavy atom. The first-order chi connectivity index (χ1) is 10.2. The lowest BCUT2D eigenvalue weighted by atomic mass is 9.58. The van der Waals surface area contributed by atoms with Gasteiger partial charge >= 0.3 is 0 Å². The monoisotopic (exact) mass is 452 g/mol. The fraction of sp³-hybridized carbons (Fsp3) is 0.947. The van der Waals surface area contributed by atoms with Crippen LogP contribution in [0.1, 0.15) is 75.7 Å². The molecule has 0 saturated carbocycles. The second kappa shape index (κ2) is 9.50. The number of alkyl halides is 1. The van der Waals surface area contributed by atoms with E-state index < -0.39 is 0 Å². The molecule has 136 valence electrons. The van der Waals surface area contributed by atoms with Crippen molar-refractivity contribution in [3.63, 3.8) is 0 Å². The van der Waals surface area contributed by atoms with Crippen molar-refractivity contribution in [3.8, 4) is 0 Å². The lowest BCUT2D eigenvalue weighted by molar-refractivity contribution is 0.210. The van der Waals surface area contributed by atoms with Crippen LogP contribution < -0.4 is 0 Å². The minimum Gasteiger partial charge on any atom is -0.300 e. The molecule has 0 aromatic heterocycles. The molecule has 4 heteroatoms. The predicted molar refractivity (Wildman–Crippen MR) is 119 cm³/mol. The maximum Gasteiger partial charge on any atom is 0.223 e. The Labute approximate surface area is 164 Å². The van der Waals surface area contributed by atoms with Gasteiger partial charge in [0.25, 0.3) is 0 Å². The Morgan fingerprint density at radius 2 is 1.52 bits per heavy atom. The molecule has 0 amide bonds. The largest absolute Gasteiger partial charge is 0.300 e. The van der Waals surface area contributed by atoms with Gasteiger partial charge in [-0.15, -0.1) is 0 Å². The number of hydrogen-bond donors (Lipinski definition) is 0. The van der Waals surface area contributed by atoms with Crippen LogP contribution >= 0.6 is 34.4 Å². The van der Waals surface area contributed by atoms with Gasteiger partial charge in [0.15, 0.2) is 0 Å². The van der Waals surface area contributed by atoms with E-state index in [1.54, 1.807) is 11.8 Å². The van der Waals surface area contributed by atoms with Gasteiger partial charge in [0.1, 0.15) is 5.01 Å². The fourth-order valence-corrected chi connectivity index (χ4v) is 6.67. The topological polar surface area (TPSA) is 17.1 Å². The molecular formula is C19H38BIOS. The van der Waals surface area contributed by atoms with Crippen molar-refractivity contribution in [2.45, 2.75) is 90.1 Å². The van der Waals surface area contributed by atoms with E-state index in [1.165, 1.54) is 0 Å². The summed E-state index contributed by atoms with van der Waals surface area (Å²) >= 11 is 4.09. The van der Waals surface area contributed by atoms with Crippen molar-refractivity contribution in [2.24, 2.45) is 23.2 Å². The number of carbonyl (C=O) groups is 1. The quantitative estimate of drug-likeness (QED) is 0.212.